The van der Waals surface area contributed by atoms with Crippen LogP contribution in [-0.4, -0.2) is 34.7 Å². The molecule has 2 N–H and O–H groups in total. The molecule has 2 unspecified atom stereocenters. The fourth-order valence-corrected chi connectivity index (χ4v) is 2.34. The summed E-state index contributed by atoms with van der Waals surface area (Å²) in [6, 6.07) is 7.26. The third-order valence-corrected chi connectivity index (χ3v) is 3.74. The van der Waals surface area contributed by atoms with Crippen LogP contribution in [0.15, 0.2) is 24.3 Å². The summed E-state index contributed by atoms with van der Waals surface area (Å²) < 4.78 is 11.0. The van der Waals surface area contributed by atoms with Gasteiger partial charge in [-0.05, 0) is 25.5 Å². The first-order chi connectivity index (χ1) is 8.99. The summed E-state index contributed by atoms with van der Waals surface area (Å²) >= 11 is 5.95. The van der Waals surface area contributed by atoms with Crippen LogP contribution < -0.4 is 10.6 Å². The highest BCUT2D eigenvalue weighted by Crippen LogP contribution is 2.19. The fourth-order valence-electron chi connectivity index (χ4n) is 1.47. The smallest absolute Gasteiger partial charge is 0.238 e. The Bertz CT molecular complexity index is 454. The molecule has 1 rings (SSSR count). The van der Waals surface area contributed by atoms with Crippen molar-refractivity contribution in [1.29, 1.82) is 0 Å². The van der Waals surface area contributed by atoms with Gasteiger partial charge in [0, 0.05) is 28.9 Å². The summed E-state index contributed by atoms with van der Waals surface area (Å²) in [5, 5.41) is 6.34. The van der Waals surface area contributed by atoms with Gasteiger partial charge in [-0.15, -0.1) is 0 Å². The molecule has 0 heterocycles. The number of hydrogen-bond acceptors (Lipinski definition) is 3. The molecule has 106 valence electrons. The molecule has 0 aliphatic rings. The Morgan fingerprint density at radius 1 is 1.42 bits per heavy atom. The van der Waals surface area contributed by atoms with Gasteiger partial charge in [-0.2, -0.15) is 0 Å². The van der Waals surface area contributed by atoms with Gasteiger partial charge in [-0.1, -0.05) is 23.7 Å². The number of para-hydroxylation sites is 1. The number of halogens is 1. The van der Waals surface area contributed by atoms with Crippen LogP contribution in [0.1, 0.15) is 13.3 Å². The van der Waals surface area contributed by atoms with Gasteiger partial charge in [-0.3, -0.25) is 9.00 Å². The van der Waals surface area contributed by atoms with Gasteiger partial charge in [0.2, 0.25) is 5.91 Å². The van der Waals surface area contributed by atoms with Gasteiger partial charge in [0.05, 0.1) is 17.3 Å². The van der Waals surface area contributed by atoms with Crippen molar-refractivity contribution >= 4 is 34.0 Å². The third-order valence-electron chi connectivity index (χ3n) is 2.60. The van der Waals surface area contributed by atoms with Gasteiger partial charge in [-0.25, -0.2) is 0 Å². The van der Waals surface area contributed by atoms with Crippen LogP contribution >= 0.6 is 11.6 Å². The molecule has 1 aromatic carbocycles. The number of anilines is 1. The molecular formula is C13H19ClN2O2S. The molecule has 0 saturated heterocycles. The van der Waals surface area contributed by atoms with Gasteiger partial charge in [0.25, 0.3) is 0 Å². The van der Waals surface area contributed by atoms with Crippen LogP contribution in [0.2, 0.25) is 5.02 Å². The first kappa shape index (κ1) is 16.1. The zero-order chi connectivity index (χ0) is 14.3. The maximum Gasteiger partial charge on any atom is 0.238 e. The summed E-state index contributed by atoms with van der Waals surface area (Å²) in [7, 11) is -0.793. The van der Waals surface area contributed by atoms with E-state index in [2.05, 4.69) is 10.6 Å². The lowest BCUT2D eigenvalue weighted by Crippen LogP contribution is -2.35. The second-order valence-corrected chi connectivity index (χ2v) is 6.34. The third kappa shape index (κ3) is 6.71. The lowest BCUT2D eigenvalue weighted by Gasteiger charge is -2.13. The molecule has 0 fully saturated rings. The molecular weight excluding hydrogens is 284 g/mol. The number of hydrogen-bond donors (Lipinski definition) is 2. The Kier molecular flexibility index (Phi) is 7.05. The Labute approximate surface area is 121 Å². The van der Waals surface area contributed by atoms with E-state index in [1.165, 1.54) is 0 Å². The molecule has 0 bridgehead atoms. The van der Waals surface area contributed by atoms with Crippen molar-refractivity contribution in [2.24, 2.45) is 0 Å². The topological polar surface area (TPSA) is 58.2 Å². The molecule has 4 nitrogen and oxygen atoms in total. The second kappa shape index (κ2) is 8.30. The second-order valence-electron chi connectivity index (χ2n) is 4.38. The Morgan fingerprint density at radius 3 is 2.74 bits per heavy atom. The van der Waals surface area contributed by atoms with Gasteiger partial charge in [0.15, 0.2) is 0 Å². The maximum absolute atomic E-state index is 11.7. The highest BCUT2D eigenvalue weighted by atomic mass is 35.5. The molecule has 2 atom stereocenters. The SMILES string of the molecule is CC(CCS(C)=O)NCC(=O)Nc1ccccc1Cl. The van der Waals surface area contributed by atoms with Crippen molar-refractivity contribution in [3.63, 3.8) is 0 Å². The van der Waals surface area contributed by atoms with Crippen LogP contribution in [0.4, 0.5) is 5.69 Å². The van der Waals surface area contributed by atoms with E-state index in [4.69, 9.17) is 11.6 Å². The van der Waals surface area contributed by atoms with Crippen molar-refractivity contribution in [2.75, 3.05) is 23.9 Å². The summed E-state index contributed by atoms with van der Waals surface area (Å²) in [5.41, 5.74) is 0.610. The summed E-state index contributed by atoms with van der Waals surface area (Å²) in [4.78, 5) is 11.7. The molecule has 0 spiro atoms. The Morgan fingerprint density at radius 2 is 2.11 bits per heavy atom. The van der Waals surface area contributed by atoms with Gasteiger partial charge in [0.1, 0.15) is 0 Å². The number of carbonyl (C=O) groups excluding carboxylic acids is 1. The molecule has 1 aromatic rings. The van der Waals surface area contributed by atoms with Gasteiger partial charge < -0.3 is 10.6 Å². The van der Waals surface area contributed by atoms with E-state index in [-0.39, 0.29) is 18.5 Å². The molecule has 0 aliphatic carbocycles. The van der Waals surface area contributed by atoms with E-state index < -0.39 is 10.8 Å². The maximum atomic E-state index is 11.7. The van der Waals surface area contributed by atoms with Crippen molar-refractivity contribution in [3.05, 3.63) is 29.3 Å². The lowest BCUT2D eigenvalue weighted by molar-refractivity contribution is -0.115. The highest BCUT2D eigenvalue weighted by Gasteiger charge is 2.08. The van der Waals surface area contributed by atoms with Crippen molar-refractivity contribution < 1.29 is 9.00 Å². The fraction of sp³-hybridized carbons (Fsp3) is 0.462. The van der Waals surface area contributed by atoms with Crippen LogP contribution in [0.3, 0.4) is 0 Å². The van der Waals surface area contributed by atoms with E-state index >= 15 is 0 Å². The van der Waals surface area contributed by atoms with Crippen LogP contribution in [-0.2, 0) is 15.6 Å². The van der Waals surface area contributed by atoms with Crippen LogP contribution in [0.5, 0.6) is 0 Å². The Balaban J connectivity index is 2.32. The predicted octanol–water partition coefficient (Wildman–Crippen LogP) is 2.03. The standard InChI is InChI=1S/C13H19ClN2O2S/c1-10(7-8-19(2)18)15-9-13(17)16-12-6-4-3-5-11(12)14/h3-6,10,15H,7-9H2,1-2H3,(H,16,17). The normalized spacial score (nSPS) is 13.8. The zero-order valence-electron chi connectivity index (χ0n) is 11.1. The molecule has 6 heteroatoms. The molecule has 0 saturated carbocycles. The first-order valence-electron chi connectivity index (χ1n) is 6.07. The predicted molar refractivity (Wildman–Crippen MR) is 81.1 cm³/mol. The van der Waals surface area contributed by atoms with Crippen molar-refractivity contribution in [2.45, 2.75) is 19.4 Å². The summed E-state index contributed by atoms with van der Waals surface area (Å²) in [5.74, 6) is 0.498. The largest absolute Gasteiger partial charge is 0.324 e. The minimum absolute atomic E-state index is 0.141. The highest BCUT2D eigenvalue weighted by molar-refractivity contribution is 7.84. The van der Waals surface area contributed by atoms with E-state index in [1.807, 2.05) is 19.1 Å². The summed E-state index contributed by atoms with van der Waals surface area (Å²) in [6.07, 6.45) is 2.46. The van der Waals surface area contributed by atoms with Crippen molar-refractivity contribution in [3.8, 4) is 0 Å². The minimum atomic E-state index is -0.793. The minimum Gasteiger partial charge on any atom is -0.324 e. The number of benzene rings is 1. The molecule has 0 radical (unpaired) electrons. The molecule has 0 aliphatic heterocycles. The number of carbonyl (C=O) groups is 1. The van der Waals surface area contributed by atoms with E-state index in [1.54, 1.807) is 18.4 Å². The number of amides is 1. The monoisotopic (exact) mass is 302 g/mol. The van der Waals surface area contributed by atoms with Crippen LogP contribution in [0.25, 0.3) is 0 Å². The average molecular weight is 303 g/mol. The number of nitrogens with one attached hydrogen (secondary N) is 2. The molecule has 19 heavy (non-hydrogen) atoms. The molecule has 1 amide bonds. The average Bonchev–Trinajstić information content (AvgIpc) is 2.36. The number of rotatable bonds is 7. The summed E-state index contributed by atoms with van der Waals surface area (Å²) in [6.45, 7) is 2.18. The van der Waals surface area contributed by atoms with E-state index in [0.717, 1.165) is 6.42 Å². The quantitative estimate of drug-likeness (QED) is 0.810. The molecule has 0 aromatic heterocycles. The van der Waals surface area contributed by atoms with Crippen LogP contribution in [0, 0.1) is 0 Å². The first-order valence-corrected chi connectivity index (χ1v) is 8.17. The van der Waals surface area contributed by atoms with Gasteiger partial charge >= 0.3 is 0 Å². The lowest BCUT2D eigenvalue weighted by atomic mass is 10.2. The zero-order valence-corrected chi connectivity index (χ0v) is 12.7. The Hall–Kier alpha value is -0.910. The van der Waals surface area contributed by atoms with E-state index in [0.29, 0.717) is 16.5 Å². The van der Waals surface area contributed by atoms with Crippen molar-refractivity contribution in [1.82, 2.24) is 5.32 Å². The van der Waals surface area contributed by atoms with E-state index in [9.17, 15) is 9.00 Å².